The summed E-state index contributed by atoms with van der Waals surface area (Å²) in [6.07, 6.45) is 2.64. The molecule has 3 nitrogen and oxygen atoms in total. The van der Waals surface area contributed by atoms with E-state index >= 15 is 0 Å². The fraction of sp³-hybridized carbons (Fsp3) is 0.500. The highest BCUT2D eigenvalue weighted by atomic mass is 79.9. The lowest BCUT2D eigenvalue weighted by Gasteiger charge is -2.43. The number of carboxylic acids is 1. The van der Waals surface area contributed by atoms with Gasteiger partial charge in [0, 0.05) is 10.0 Å². The number of carboxylic acid groups (broad SMARTS) is 1. The van der Waals surface area contributed by atoms with Crippen molar-refractivity contribution < 1.29 is 14.7 Å². The van der Waals surface area contributed by atoms with Crippen LogP contribution in [-0.2, 0) is 10.8 Å². The van der Waals surface area contributed by atoms with E-state index < -0.39 is 5.97 Å². The van der Waals surface area contributed by atoms with Crippen molar-refractivity contribution in [3.05, 3.63) is 32.8 Å². The van der Waals surface area contributed by atoms with Crippen molar-refractivity contribution >= 4 is 28.2 Å². The number of benzene rings is 1. The fourth-order valence-electron chi connectivity index (χ4n) is 3.20. The normalized spacial score (nSPS) is 19.2. The number of carbonyl (C=O) groups is 2. The molecule has 1 aromatic carbocycles. The molecule has 0 spiro atoms. The van der Waals surface area contributed by atoms with Crippen LogP contribution in [0.4, 0.5) is 0 Å². The van der Waals surface area contributed by atoms with Crippen LogP contribution in [0.2, 0.25) is 0 Å². The van der Waals surface area contributed by atoms with E-state index in [1.807, 2.05) is 0 Å². The molecule has 20 heavy (non-hydrogen) atoms. The lowest BCUT2D eigenvalue weighted by atomic mass is 9.61. The quantitative estimate of drug-likeness (QED) is 0.817. The molecule has 0 aromatic heterocycles. The van der Waals surface area contributed by atoms with Gasteiger partial charge in [-0.3, -0.25) is 4.79 Å². The van der Waals surface area contributed by atoms with Crippen molar-refractivity contribution in [1.29, 1.82) is 0 Å². The van der Waals surface area contributed by atoms with Gasteiger partial charge in [0.2, 0.25) is 0 Å². The summed E-state index contributed by atoms with van der Waals surface area (Å²) in [7, 11) is 0. The van der Waals surface area contributed by atoms with E-state index in [1.54, 1.807) is 6.07 Å². The Kier molecular flexibility index (Phi) is 3.57. The van der Waals surface area contributed by atoms with Crippen LogP contribution in [0, 0.1) is 0 Å². The highest BCUT2D eigenvalue weighted by Gasteiger charge is 2.41. The monoisotopic (exact) mass is 338 g/mol. The van der Waals surface area contributed by atoms with Crippen LogP contribution in [-0.4, -0.2) is 17.4 Å². The number of aromatic carboxylic acids is 1. The van der Waals surface area contributed by atoms with Crippen LogP contribution in [0.15, 0.2) is 10.5 Å². The van der Waals surface area contributed by atoms with Crippen molar-refractivity contribution in [3.8, 4) is 0 Å². The molecule has 0 saturated heterocycles. The van der Waals surface area contributed by atoms with Crippen LogP contribution in [0.25, 0.3) is 0 Å². The second kappa shape index (κ2) is 4.69. The summed E-state index contributed by atoms with van der Waals surface area (Å²) in [4.78, 5) is 22.9. The van der Waals surface area contributed by atoms with Gasteiger partial charge in [0.1, 0.15) is 0 Å². The smallest absolute Gasteiger partial charge is 0.336 e. The maximum atomic E-state index is 11.5. The first-order valence-corrected chi connectivity index (χ1v) is 7.47. The Morgan fingerprint density at radius 2 is 1.70 bits per heavy atom. The molecule has 0 atom stereocenters. The van der Waals surface area contributed by atoms with Crippen molar-refractivity contribution in [1.82, 2.24) is 0 Å². The summed E-state index contributed by atoms with van der Waals surface area (Å²) in [6, 6.07) is 1.56. The summed E-state index contributed by atoms with van der Waals surface area (Å²) in [5.74, 6) is -1.06. The third-order valence-corrected chi connectivity index (χ3v) is 5.02. The Labute approximate surface area is 127 Å². The zero-order valence-corrected chi connectivity index (χ0v) is 13.8. The highest BCUT2D eigenvalue weighted by Crippen LogP contribution is 2.50. The van der Waals surface area contributed by atoms with Gasteiger partial charge < -0.3 is 5.11 Å². The van der Waals surface area contributed by atoms with Crippen molar-refractivity contribution in [3.63, 3.8) is 0 Å². The summed E-state index contributed by atoms with van der Waals surface area (Å²) in [6.45, 7) is 8.43. The van der Waals surface area contributed by atoms with Gasteiger partial charge in [-0.2, -0.15) is 0 Å². The van der Waals surface area contributed by atoms with Gasteiger partial charge in [0.15, 0.2) is 6.29 Å². The zero-order valence-electron chi connectivity index (χ0n) is 12.2. The molecule has 4 heteroatoms. The van der Waals surface area contributed by atoms with Gasteiger partial charge in [-0.1, -0.05) is 43.6 Å². The predicted molar refractivity (Wildman–Crippen MR) is 81.8 cm³/mol. The van der Waals surface area contributed by atoms with Gasteiger partial charge in [-0.05, 0) is 40.9 Å². The largest absolute Gasteiger partial charge is 0.478 e. The third-order valence-electron chi connectivity index (χ3n) is 4.40. The number of fused-ring (bicyclic) bond motifs is 1. The molecule has 0 saturated carbocycles. The molecule has 1 N–H and O–H groups in total. The lowest BCUT2D eigenvalue weighted by Crippen LogP contribution is -2.36. The Morgan fingerprint density at radius 1 is 1.20 bits per heavy atom. The molecule has 1 aliphatic carbocycles. The Hall–Kier alpha value is -1.16. The van der Waals surface area contributed by atoms with Crippen molar-refractivity contribution in [2.24, 2.45) is 0 Å². The van der Waals surface area contributed by atoms with Gasteiger partial charge >= 0.3 is 5.97 Å². The van der Waals surface area contributed by atoms with Crippen molar-refractivity contribution in [2.75, 3.05) is 0 Å². The van der Waals surface area contributed by atoms with Crippen LogP contribution in [0.3, 0.4) is 0 Å². The van der Waals surface area contributed by atoms with E-state index in [1.165, 1.54) is 0 Å². The minimum atomic E-state index is -1.06. The van der Waals surface area contributed by atoms with Crippen LogP contribution in [0.5, 0.6) is 0 Å². The van der Waals surface area contributed by atoms with E-state index in [0.29, 0.717) is 11.8 Å². The molecule has 0 radical (unpaired) electrons. The second-order valence-electron chi connectivity index (χ2n) is 6.76. The minimum Gasteiger partial charge on any atom is -0.478 e. The Bertz CT molecular complexity index is 600. The van der Waals surface area contributed by atoms with Gasteiger partial charge in [-0.15, -0.1) is 0 Å². The van der Waals surface area contributed by atoms with E-state index in [9.17, 15) is 14.7 Å². The van der Waals surface area contributed by atoms with E-state index in [2.05, 4.69) is 43.6 Å². The first-order chi connectivity index (χ1) is 9.12. The molecule has 0 fully saturated rings. The van der Waals surface area contributed by atoms with E-state index in [-0.39, 0.29) is 16.4 Å². The molecular weight excluding hydrogens is 320 g/mol. The number of carbonyl (C=O) groups excluding carboxylic acids is 1. The lowest BCUT2D eigenvalue weighted by molar-refractivity contribution is 0.0693. The highest BCUT2D eigenvalue weighted by molar-refractivity contribution is 9.10. The molecular formula is C16H19BrO3. The molecule has 0 heterocycles. The standard InChI is InChI=1S/C16H19BrO3/c1-15(2)5-6-16(3,4)13-11(17)7-9(14(19)20)10(8-18)12(13)15/h7-8H,5-6H2,1-4H3,(H,19,20). The fourth-order valence-corrected chi connectivity index (χ4v) is 4.17. The number of rotatable bonds is 2. The first-order valence-electron chi connectivity index (χ1n) is 6.68. The zero-order chi connectivity index (χ0) is 15.3. The molecule has 108 valence electrons. The maximum Gasteiger partial charge on any atom is 0.336 e. The number of aldehydes is 1. The molecule has 0 amide bonds. The average Bonchev–Trinajstić information content (AvgIpc) is 2.33. The Morgan fingerprint density at radius 3 is 2.15 bits per heavy atom. The second-order valence-corrected chi connectivity index (χ2v) is 7.61. The van der Waals surface area contributed by atoms with Gasteiger partial charge in [-0.25, -0.2) is 4.79 Å². The molecule has 0 bridgehead atoms. The van der Waals surface area contributed by atoms with E-state index in [0.717, 1.165) is 28.4 Å². The first kappa shape index (κ1) is 15.2. The number of halogens is 1. The summed E-state index contributed by atoms with van der Waals surface area (Å²) >= 11 is 3.51. The third kappa shape index (κ3) is 2.20. The van der Waals surface area contributed by atoms with E-state index in [4.69, 9.17) is 0 Å². The molecule has 0 aliphatic heterocycles. The average molecular weight is 339 g/mol. The van der Waals surface area contributed by atoms with Gasteiger partial charge in [0.25, 0.3) is 0 Å². The predicted octanol–water partition coefficient (Wildman–Crippen LogP) is 4.31. The topological polar surface area (TPSA) is 54.4 Å². The summed E-state index contributed by atoms with van der Waals surface area (Å²) < 4.78 is 0.785. The van der Waals surface area contributed by atoms with Gasteiger partial charge in [0.05, 0.1) is 5.56 Å². The molecule has 2 rings (SSSR count). The minimum absolute atomic E-state index is 0.0710. The summed E-state index contributed by atoms with van der Waals surface area (Å²) in [5, 5.41) is 9.34. The molecule has 1 aromatic rings. The van der Waals surface area contributed by atoms with Crippen LogP contribution >= 0.6 is 15.9 Å². The number of hydrogen-bond acceptors (Lipinski definition) is 2. The van der Waals surface area contributed by atoms with Crippen LogP contribution in [0.1, 0.15) is 72.4 Å². The molecule has 0 unspecified atom stereocenters. The van der Waals surface area contributed by atoms with Crippen molar-refractivity contribution in [2.45, 2.75) is 51.4 Å². The summed E-state index contributed by atoms with van der Waals surface area (Å²) in [5.41, 5.74) is 2.09. The molecule has 1 aliphatic rings. The maximum absolute atomic E-state index is 11.5. The van der Waals surface area contributed by atoms with Crippen LogP contribution < -0.4 is 0 Å². The Balaban J connectivity index is 2.95. The SMILES string of the molecule is CC1(C)CCC(C)(C)c2c(C=O)c(C(=O)O)cc(Br)c21. The number of hydrogen-bond donors (Lipinski definition) is 1.